The van der Waals surface area contributed by atoms with E-state index in [1.807, 2.05) is 18.2 Å². The molecule has 4 nitrogen and oxygen atoms in total. The Hall–Kier alpha value is -2.75. The molecule has 2 aromatic carbocycles. The third kappa shape index (κ3) is 2.36. The second-order valence-corrected chi connectivity index (χ2v) is 4.21. The zero-order chi connectivity index (χ0) is 13.9. The quantitative estimate of drug-likeness (QED) is 0.681. The van der Waals surface area contributed by atoms with E-state index in [9.17, 15) is 4.79 Å². The number of hydrogen-bond acceptors (Lipinski definition) is 4. The first-order chi connectivity index (χ1) is 9.76. The smallest absolute Gasteiger partial charge is 0.379 e. The summed E-state index contributed by atoms with van der Waals surface area (Å²) in [6, 6.07) is 15.9. The lowest BCUT2D eigenvalue weighted by Gasteiger charge is -2.06. The van der Waals surface area contributed by atoms with Gasteiger partial charge in [-0.05, 0) is 36.4 Å². The fourth-order valence-corrected chi connectivity index (χ4v) is 1.88. The van der Waals surface area contributed by atoms with Gasteiger partial charge in [0.25, 0.3) is 0 Å². The summed E-state index contributed by atoms with van der Waals surface area (Å²) in [7, 11) is 1.59. The SMILES string of the molecule is COc1ccc(Oc2cc3ccccc3oc2=O)cc1. The largest absolute Gasteiger partial charge is 0.497 e. The first kappa shape index (κ1) is 12.3. The molecule has 100 valence electrons. The summed E-state index contributed by atoms with van der Waals surface area (Å²) in [4.78, 5) is 11.8. The van der Waals surface area contributed by atoms with Crippen molar-refractivity contribution in [1.82, 2.24) is 0 Å². The van der Waals surface area contributed by atoms with Gasteiger partial charge in [-0.1, -0.05) is 18.2 Å². The van der Waals surface area contributed by atoms with Crippen LogP contribution in [0, 0.1) is 0 Å². The van der Waals surface area contributed by atoms with Crippen LogP contribution in [0.15, 0.2) is 63.8 Å². The molecule has 0 unspecified atom stereocenters. The van der Waals surface area contributed by atoms with Crippen LogP contribution >= 0.6 is 0 Å². The molecule has 0 amide bonds. The number of benzene rings is 2. The summed E-state index contributed by atoms with van der Waals surface area (Å²) in [5.74, 6) is 1.44. The zero-order valence-corrected chi connectivity index (χ0v) is 10.8. The molecule has 0 saturated carbocycles. The third-order valence-corrected chi connectivity index (χ3v) is 2.90. The van der Waals surface area contributed by atoms with Gasteiger partial charge < -0.3 is 13.9 Å². The van der Waals surface area contributed by atoms with E-state index >= 15 is 0 Å². The fraction of sp³-hybridized carbons (Fsp3) is 0.0625. The highest BCUT2D eigenvalue weighted by atomic mass is 16.5. The number of methoxy groups -OCH3 is 1. The van der Waals surface area contributed by atoms with Crippen LogP contribution in [0.2, 0.25) is 0 Å². The Morgan fingerprint density at radius 3 is 2.40 bits per heavy atom. The van der Waals surface area contributed by atoms with E-state index in [4.69, 9.17) is 13.9 Å². The highest BCUT2D eigenvalue weighted by Crippen LogP contribution is 2.24. The van der Waals surface area contributed by atoms with E-state index in [1.165, 1.54) is 0 Å². The molecule has 0 aliphatic carbocycles. The van der Waals surface area contributed by atoms with Gasteiger partial charge in [-0.25, -0.2) is 4.79 Å². The zero-order valence-electron chi connectivity index (χ0n) is 10.8. The van der Waals surface area contributed by atoms with Crippen molar-refractivity contribution in [3.05, 3.63) is 65.0 Å². The van der Waals surface area contributed by atoms with Gasteiger partial charge in [0.2, 0.25) is 5.75 Å². The van der Waals surface area contributed by atoms with Crippen LogP contribution in [0.3, 0.4) is 0 Å². The third-order valence-electron chi connectivity index (χ3n) is 2.90. The van der Waals surface area contributed by atoms with Gasteiger partial charge in [-0.3, -0.25) is 0 Å². The Morgan fingerprint density at radius 2 is 1.65 bits per heavy atom. The summed E-state index contributed by atoms with van der Waals surface area (Å²) in [6.45, 7) is 0. The minimum atomic E-state index is -0.500. The van der Waals surface area contributed by atoms with Crippen molar-refractivity contribution in [3.8, 4) is 17.2 Å². The Balaban J connectivity index is 1.97. The summed E-state index contributed by atoms with van der Waals surface area (Å²) in [5.41, 5.74) is 0.0408. The molecular weight excluding hydrogens is 256 g/mol. The Morgan fingerprint density at radius 1 is 0.950 bits per heavy atom. The van der Waals surface area contributed by atoms with E-state index in [0.29, 0.717) is 11.3 Å². The molecule has 0 saturated heterocycles. The fourth-order valence-electron chi connectivity index (χ4n) is 1.88. The van der Waals surface area contributed by atoms with Crippen LogP contribution in [-0.2, 0) is 0 Å². The lowest BCUT2D eigenvalue weighted by Crippen LogP contribution is -2.02. The van der Waals surface area contributed by atoms with Gasteiger partial charge in [0, 0.05) is 5.39 Å². The second kappa shape index (κ2) is 5.09. The summed E-state index contributed by atoms with van der Waals surface area (Å²) < 4.78 is 15.8. The molecule has 0 spiro atoms. The number of rotatable bonds is 3. The van der Waals surface area contributed by atoms with Gasteiger partial charge in [-0.15, -0.1) is 0 Å². The molecule has 3 aromatic rings. The molecule has 0 aliphatic rings. The lowest BCUT2D eigenvalue weighted by molar-refractivity contribution is 0.411. The minimum Gasteiger partial charge on any atom is -0.497 e. The molecule has 0 aliphatic heterocycles. The van der Waals surface area contributed by atoms with Crippen molar-refractivity contribution in [3.63, 3.8) is 0 Å². The van der Waals surface area contributed by atoms with Crippen LogP contribution < -0.4 is 15.1 Å². The van der Waals surface area contributed by atoms with Gasteiger partial charge in [-0.2, -0.15) is 0 Å². The van der Waals surface area contributed by atoms with Gasteiger partial charge in [0.1, 0.15) is 17.1 Å². The normalized spacial score (nSPS) is 10.4. The highest BCUT2D eigenvalue weighted by molar-refractivity contribution is 5.77. The van der Waals surface area contributed by atoms with Crippen molar-refractivity contribution < 1.29 is 13.9 Å². The maximum absolute atomic E-state index is 11.8. The maximum atomic E-state index is 11.8. The molecule has 1 aromatic heterocycles. The number of para-hydroxylation sites is 1. The van der Waals surface area contributed by atoms with E-state index < -0.39 is 5.63 Å². The predicted octanol–water partition coefficient (Wildman–Crippen LogP) is 3.59. The summed E-state index contributed by atoms with van der Waals surface area (Å²) in [6.07, 6.45) is 0. The van der Waals surface area contributed by atoms with Crippen LogP contribution in [0.4, 0.5) is 0 Å². The minimum absolute atomic E-state index is 0.161. The van der Waals surface area contributed by atoms with Crippen LogP contribution in [0.25, 0.3) is 11.0 Å². The molecule has 4 heteroatoms. The Kier molecular flexibility index (Phi) is 3.13. The average Bonchev–Trinajstić information content (AvgIpc) is 2.49. The van der Waals surface area contributed by atoms with Gasteiger partial charge in [0.15, 0.2) is 0 Å². The number of ether oxygens (including phenoxy) is 2. The van der Waals surface area contributed by atoms with Crippen molar-refractivity contribution >= 4 is 11.0 Å². The van der Waals surface area contributed by atoms with Crippen molar-refractivity contribution in [2.45, 2.75) is 0 Å². The Bertz CT molecular complexity index is 787. The second-order valence-electron chi connectivity index (χ2n) is 4.21. The topological polar surface area (TPSA) is 48.7 Å². The molecule has 0 N–H and O–H groups in total. The van der Waals surface area contributed by atoms with Crippen molar-refractivity contribution in [2.75, 3.05) is 7.11 Å². The van der Waals surface area contributed by atoms with Gasteiger partial charge >= 0.3 is 5.63 Å². The first-order valence-corrected chi connectivity index (χ1v) is 6.11. The molecule has 0 bridgehead atoms. The molecule has 0 radical (unpaired) electrons. The maximum Gasteiger partial charge on any atom is 0.379 e. The number of hydrogen-bond donors (Lipinski definition) is 0. The standard InChI is InChI=1S/C16H12O4/c1-18-12-6-8-13(9-7-12)19-15-10-11-4-2-3-5-14(11)20-16(15)17/h2-10H,1H3. The molecule has 0 fully saturated rings. The van der Waals surface area contributed by atoms with E-state index in [-0.39, 0.29) is 5.75 Å². The van der Waals surface area contributed by atoms with E-state index in [2.05, 4.69) is 0 Å². The highest BCUT2D eigenvalue weighted by Gasteiger charge is 2.07. The van der Waals surface area contributed by atoms with Crippen LogP contribution in [-0.4, -0.2) is 7.11 Å². The van der Waals surface area contributed by atoms with Gasteiger partial charge in [0.05, 0.1) is 7.11 Å². The summed E-state index contributed by atoms with van der Waals surface area (Å²) >= 11 is 0. The number of fused-ring (bicyclic) bond motifs is 1. The molecule has 3 rings (SSSR count). The molecule has 20 heavy (non-hydrogen) atoms. The van der Waals surface area contributed by atoms with Crippen molar-refractivity contribution in [2.24, 2.45) is 0 Å². The monoisotopic (exact) mass is 268 g/mol. The predicted molar refractivity (Wildman–Crippen MR) is 75.6 cm³/mol. The van der Waals surface area contributed by atoms with E-state index in [0.717, 1.165) is 11.1 Å². The van der Waals surface area contributed by atoms with Crippen molar-refractivity contribution in [1.29, 1.82) is 0 Å². The van der Waals surface area contributed by atoms with Crippen LogP contribution in [0.1, 0.15) is 0 Å². The van der Waals surface area contributed by atoms with E-state index in [1.54, 1.807) is 43.5 Å². The van der Waals surface area contributed by atoms with Crippen LogP contribution in [0.5, 0.6) is 17.2 Å². The summed E-state index contributed by atoms with van der Waals surface area (Å²) in [5, 5.41) is 0.815. The molecule has 0 atom stereocenters. The first-order valence-electron chi connectivity index (χ1n) is 6.11. The average molecular weight is 268 g/mol. The Labute approximate surface area is 115 Å². The molecule has 1 heterocycles. The molecular formula is C16H12O4. The lowest BCUT2D eigenvalue weighted by atomic mass is 10.2.